The molecule has 1 aromatic rings. The van der Waals surface area contributed by atoms with Crippen LogP contribution < -0.4 is 10.1 Å². The number of ether oxygens (including phenoxy) is 2. The summed E-state index contributed by atoms with van der Waals surface area (Å²) in [6.07, 6.45) is 3.85. The summed E-state index contributed by atoms with van der Waals surface area (Å²) in [6, 6.07) is 5.06. The summed E-state index contributed by atoms with van der Waals surface area (Å²) >= 11 is 0. The van der Waals surface area contributed by atoms with Crippen molar-refractivity contribution in [1.82, 2.24) is 10.2 Å². The Hall–Kier alpha value is -1.66. The van der Waals surface area contributed by atoms with E-state index in [1.165, 1.54) is 6.07 Å². The summed E-state index contributed by atoms with van der Waals surface area (Å²) in [5.41, 5.74) is 0.586. The van der Waals surface area contributed by atoms with Crippen molar-refractivity contribution < 1.29 is 18.7 Å². The Balaban J connectivity index is 1.41. The molecule has 3 fully saturated rings. The molecule has 0 saturated carbocycles. The molecule has 6 heteroatoms. The minimum Gasteiger partial charge on any atom is -0.497 e. The zero-order valence-electron chi connectivity index (χ0n) is 16.2. The van der Waals surface area contributed by atoms with Gasteiger partial charge in [-0.15, -0.1) is 0 Å². The van der Waals surface area contributed by atoms with E-state index < -0.39 is 0 Å². The standard InChI is InChI=1S/C21H29FN2O3/c1-3-4-20(25)23-10-16-17-12-24(13-21(17)8-7-19(16)27-21)11-14-5-6-15(26-2)9-18(14)22/h5-6,9,16-17,19H,3-4,7-8,10-13H2,1-2H3,(H,23,25)/t16-,17+,19+,21+/m0/s1. The van der Waals surface area contributed by atoms with Crippen molar-refractivity contribution in [1.29, 1.82) is 0 Å². The van der Waals surface area contributed by atoms with Gasteiger partial charge in [0, 0.05) is 56.1 Å². The largest absolute Gasteiger partial charge is 0.497 e. The lowest BCUT2D eigenvalue weighted by Gasteiger charge is -2.29. The van der Waals surface area contributed by atoms with E-state index in [-0.39, 0.29) is 23.4 Å². The number of methoxy groups -OCH3 is 1. The molecule has 3 aliphatic rings. The predicted molar refractivity (Wildman–Crippen MR) is 100.0 cm³/mol. The van der Waals surface area contributed by atoms with E-state index in [1.807, 2.05) is 13.0 Å². The molecule has 5 nitrogen and oxygen atoms in total. The molecule has 0 aromatic heterocycles. The van der Waals surface area contributed by atoms with E-state index in [4.69, 9.17) is 9.47 Å². The molecule has 4 atom stereocenters. The molecular formula is C21H29FN2O3. The van der Waals surface area contributed by atoms with Crippen LogP contribution in [0.25, 0.3) is 0 Å². The van der Waals surface area contributed by atoms with Gasteiger partial charge in [-0.25, -0.2) is 4.39 Å². The van der Waals surface area contributed by atoms with E-state index in [0.29, 0.717) is 42.7 Å². The highest BCUT2D eigenvalue weighted by molar-refractivity contribution is 5.75. The van der Waals surface area contributed by atoms with Gasteiger partial charge in [-0.05, 0) is 25.3 Å². The Morgan fingerprint density at radius 1 is 1.48 bits per heavy atom. The Morgan fingerprint density at radius 2 is 2.33 bits per heavy atom. The topological polar surface area (TPSA) is 50.8 Å². The second-order valence-corrected chi connectivity index (χ2v) is 8.21. The quantitative estimate of drug-likeness (QED) is 0.795. The lowest BCUT2D eigenvalue weighted by Crippen LogP contribution is -2.41. The first-order valence-electron chi connectivity index (χ1n) is 10.0. The van der Waals surface area contributed by atoms with Gasteiger partial charge in [-0.3, -0.25) is 9.69 Å². The summed E-state index contributed by atoms with van der Waals surface area (Å²) in [7, 11) is 1.54. The van der Waals surface area contributed by atoms with Crippen LogP contribution >= 0.6 is 0 Å². The number of carbonyl (C=O) groups excluding carboxylic acids is 1. The van der Waals surface area contributed by atoms with Gasteiger partial charge in [0.25, 0.3) is 0 Å². The van der Waals surface area contributed by atoms with Gasteiger partial charge in [0.1, 0.15) is 11.6 Å². The molecule has 148 valence electrons. The zero-order valence-corrected chi connectivity index (χ0v) is 16.2. The highest BCUT2D eigenvalue weighted by Crippen LogP contribution is 2.54. The number of hydrogen-bond donors (Lipinski definition) is 1. The van der Waals surface area contributed by atoms with E-state index >= 15 is 0 Å². The van der Waals surface area contributed by atoms with Crippen molar-refractivity contribution in [3.8, 4) is 5.75 Å². The first-order valence-corrected chi connectivity index (χ1v) is 10.0. The second-order valence-electron chi connectivity index (χ2n) is 8.21. The van der Waals surface area contributed by atoms with Crippen molar-refractivity contribution in [3.05, 3.63) is 29.6 Å². The molecule has 3 saturated heterocycles. The molecule has 27 heavy (non-hydrogen) atoms. The monoisotopic (exact) mass is 376 g/mol. The molecule has 1 amide bonds. The van der Waals surface area contributed by atoms with Gasteiger partial charge in [-0.2, -0.15) is 0 Å². The molecule has 0 aliphatic carbocycles. The number of hydrogen-bond acceptors (Lipinski definition) is 4. The van der Waals surface area contributed by atoms with Crippen molar-refractivity contribution in [3.63, 3.8) is 0 Å². The fraction of sp³-hybridized carbons (Fsp3) is 0.667. The lowest BCUT2D eigenvalue weighted by molar-refractivity contribution is -0.121. The third-order valence-corrected chi connectivity index (χ3v) is 6.52. The number of fused-ring (bicyclic) bond motifs is 1. The SMILES string of the molecule is CCCC(=O)NC[C@H]1[C@H]2CN(Cc3ccc(OC)cc3F)C[C@]23CC[C@H]1O3. The molecule has 4 rings (SSSR count). The van der Waals surface area contributed by atoms with Crippen molar-refractivity contribution >= 4 is 5.91 Å². The van der Waals surface area contributed by atoms with Crippen LogP contribution in [0.3, 0.4) is 0 Å². The number of benzene rings is 1. The number of amides is 1. The van der Waals surface area contributed by atoms with Crippen LogP contribution in [-0.2, 0) is 16.1 Å². The Labute approximate surface area is 160 Å². The lowest BCUT2D eigenvalue weighted by atomic mass is 9.73. The van der Waals surface area contributed by atoms with Crippen LogP contribution in [-0.4, -0.2) is 49.3 Å². The third kappa shape index (κ3) is 3.45. The summed E-state index contributed by atoms with van der Waals surface area (Å²) in [6.45, 7) is 5.04. The Morgan fingerprint density at radius 3 is 3.07 bits per heavy atom. The average molecular weight is 376 g/mol. The summed E-state index contributed by atoms with van der Waals surface area (Å²) < 4.78 is 25.8. The van der Waals surface area contributed by atoms with Gasteiger partial charge in [0.2, 0.25) is 5.91 Å². The first-order chi connectivity index (χ1) is 13.0. The summed E-state index contributed by atoms with van der Waals surface area (Å²) in [5.74, 6) is 1.23. The molecule has 1 spiro atoms. The van der Waals surface area contributed by atoms with Gasteiger partial charge in [-0.1, -0.05) is 13.0 Å². The van der Waals surface area contributed by atoms with Gasteiger partial charge >= 0.3 is 0 Å². The predicted octanol–water partition coefficient (Wildman–Crippen LogP) is 2.73. The number of halogens is 1. The normalized spacial score (nSPS) is 31.9. The second kappa shape index (κ2) is 7.40. The molecule has 1 aromatic carbocycles. The maximum absolute atomic E-state index is 14.3. The summed E-state index contributed by atoms with van der Waals surface area (Å²) in [5, 5.41) is 3.09. The van der Waals surface area contributed by atoms with Crippen molar-refractivity contribution in [2.24, 2.45) is 11.8 Å². The number of rotatable bonds is 7. The molecule has 0 radical (unpaired) electrons. The number of carbonyl (C=O) groups is 1. The Bertz CT molecular complexity index is 713. The smallest absolute Gasteiger partial charge is 0.219 e. The Kier molecular flexibility index (Phi) is 5.12. The van der Waals surface area contributed by atoms with E-state index in [1.54, 1.807) is 13.2 Å². The first kappa shape index (κ1) is 18.7. The van der Waals surface area contributed by atoms with Crippen LogP contribution in [0.1, 0.15) is 38.2 Å². The highest BCUT2D eigenvalue weighted by Gasteiger charge is 2.62. The highest BCUT2D eigenvalue weighted by atomic mass is 19.1. The van der Waals surface area contributed by atoms with Gasteiger partial charge in [0.05, 0.1) is 18.8 Å². The van der Waals surface area contributed by atoms with Crippen LogP contribution in [0.15, 0.2) is 18.2 Å². The molecule has 0 unspecified atom stereocenters. The van der Waals surface area contributed by atoms with Gasteiger partial charge in [0.15, 0.2) is 0 Å². The minimum atomic E-state index is -0.225. The van der Waals surface area contributed by atoms with Crippen LogP contribution in [0.4, 0.5) is 4.39 Å². The van der Waals surface area contributed by atoms with E-state index in [9.17, 15) is 9.18 Å². The number of nitrogens with zero attached hydrogens (tertiary/aromatic N) is 1. The molecule has 1 N–H and O–H groups in total. The number of nitrogens with one attached hydrogen (secondary N) is 1. The van der Waals surface area contributed by atoms with Gasteiger partial charge < -0.3 is 14.8 Å². The molecule has 2 bridgehead atoms. The fourth-order valence-corrected chi connectivity index (χ4v) is 5.25. The third-order valence-electron chi connectivity index (χ3n) is 6.52. The average Bonchev–Trinajstić information content (AvgIpc) is 3.30. The van der Waals surface area contributed by atoms with Crippen molar-refractivity contribution in [2.45, 2.75) is 50.9 Å². The molecule has 3 heterocycles. The van der Waals surface area contributed by atoms with Crippen LogP contribution in [0.5, 0.6) is 5.75 Å². The fourth-order valence-electron chi connectivity index (χ4n) is 5.25. The minimum absolute atomic E-state index is 0.103. The maximum atomic E-state index is 14.3. The van der Waals surface area contributed by atoms with Crippen molar-refractivity contribution in [2.75, 3.05) is 26.7 Å². The maximum Gasteiger partial charge on any atom is 0.219 e. The van der Waals surface area contributed by atoms with Crippen LogP contribution in [0, 0.1) is 17.7 Å². The van der Waals surface area contributed by atoms with E-state index in [0.717, 1.165) is 32.4 Å². The summed E-state index contributed by atoms with van der Waals surface area (Å²) in [4.78, 5) is 14.2. The molecule has 3 aliphatic heterocycles. The molecular weight excluding hydrogens is 347 g/mol. The van der Waals surface area contributed by atoms with Crippen LogP contribution in [0.2, 0.25) is 0 Å². The number of likely N-dealkylation sites (tertiary alicyclic amines) is 1. The van der Waals surface area contributed by atoms with E-state index in [2.05, 4.69) is 10.2 Å². The zero-order chi connectivity index (χ0) is 19.0.